The molecule has 38 heavy (non-hydrogen) atoms. The number of para-hydroxylation sites is 1. The Bertz CT molecular complexity index is 1260. The minimum absolute atomic E-state index is 0.0288. The van der Waals surface area contributed by atoms with E-state index in [4.69, 9.17) is 23.7 Å². The van der Waals surface area contributed by atoms with Gasteiger partial charge in [0.2, 0.25) is 5.75 Å². The fraction of sp³-hybridized carbons (Fsp3) is 0.370. The summed E-state index contributed by atoms with van der Waals surface area (Å²) in [6.45, 7) is 3.89. The first-order valence-electron chi connectivity index (χ1n) is 11.9. The van der Waals surface area contributed by atoms with E-state index in [-0.39, 0.29) is 36.1 Å². The zero-order valence-electron chi connectivity index (χ0n) is 21.9. The molecule has 0 atom stereocenters. The van der Waals surface area contributed by atoms with E-state index in [1.54, 1.807) is 24.3 Å². The monoisotopic (exact) mass is 542 g/mol. The molecule has 0 aliphatic carbocycles. The summed E-state index contributed by atoms with van der Waals surface area (Å²) in [5.41, 5.74) is 1.32. The quantitative estimate of drug-likeness (QED) is 0.450. The van der Waals surface area contributed by atoms with Crippen molar-refractivity contribution < 1.29 is 38.1 Å². The average Bonchev–Trinajstić information content (AvgIpc) is 3.35. The number of methoxy groups -OCH3 is 3. The second-order valence-electron chi connectivity index (χ2n) is 9.21. The number of amides is 3. The molecule has 0 unspecified atom stereocenters. The van der Waals surface area contributed by atoms with Crippen molar-refractivity contribution in [2.24, 2.45) is 0 Å². The van der Waals surface area contributed by atoms with Crippen LogP contribution in [0.5, 0.6) is 28.7 Å². The van der Waals surface area contributed by atoms with Crippen molar-refractivity contribution in [3.05, 3.63) is 46.4 Å². The van der Waals surface area contributed by atoms with E-state index in [2.05, 4.69) is 5.32 Å². The highest BCUT2D eigenvalue weighted by atomic mass is 32.2. The maximum absolute atomic E-state index is 12.9. The van der Waals surface area contributed by atoms with Crippen LogP contribution in [-0.2, 0) is 16.0 Å². The number of nitrogens with one attached hydrogen (secondary N) is 1. The third kappa shape index (κ3) is 5.83. The number of fused-ring (bicyclic) bond motifs is 1. The van der Waals surface area contributed by atoms with Gasteiger partial charge in [0.15, 0.2) is 29.6 Å². The predicted molar refractivity (Wildman–Crippen MR) is 142 cm³/mol. The van der Waals surface area contributed by atoms with Crippen LogP contribution in [-0.4, -0.2) is 68.6 Å². The van der Waals surface area contributed by atoms with Crippen molar-refractivity contribution in [1.29, 1.82) is 0 Å². The Morgan fingerprint density at radius 3 is 2.47 bits per heavy atom. The summed E-state index contributed by atoms with van der Waals surface area (Å²) < 4.78 is 27.6. The number of carbonyl (C=O) groups excluding carboxylic acids is 3. The van der Waals surface area contributed by atoms with Gasteiger partial charge in [0.05, 0.1) is 26.2 Å². The summed E-state index contributed by atoms with van der Waals surface area (Å²) in [6.07, 6.45) is 2.35. The minimum Gasteiger partial charge on any atom is -0.493 e. The lowest BCUT2D eigenvalue weighted by Crippen LogP contribution is -2.38. The summed E-state index contributed by atoms with van der Waals surface area (Å²) in [7, 11) is 4.49. The molecule has 3 amide bonds. The highest BCUT2D eigenvalue weighted by molar-refractivity contribution is 8.18. The van der Waals surface area contributed by atoms with Gasteiger partial charge in [-0.1, -0.05) is 12.1 Å². The second kappa shape index (κ2) is 11.3. The molecule has 0 bridgehead atoms. The minimum atomic E-state index is -0.445. The molecule has 202 valence electrons. The number of nitrogens with zero attached hydrogens (tertiary/aromatic N) is 1. The Morgan fingerprint density at radius 1 is 1.11 bits per heavy atom. The Labute approximate surface area is 225 Å². The van der Waals surface area contributed by atoms with Crippen LogP contribution in [0.25, 0.3) is 6.08 Å². The molecular weight excluding hydrogens is 512 g/mol. The van der Waals surface area contributed by atoms with Crippen molar-refractivity contribution in [2.75, 3.05) is 41.0 Å². The molecule has 2 aliphatic heterocycles. The lowest BCUT2D eigenvalue weighted by Gasteiger charge is -2.18. The van der Waals surface area contributed by atoms with Gasteiger partial charge in [0.1, 0.15) is 5.60 Å². The molecule has 2 aromatic rings. The zero-order chi connectivity index (χ0) is 27.4. The average molecular weight is 543 g/mol. The van der Waals surface area contributed by atoms with E-state index in [1.807, 2.05) is 26.0 Å². The molecular formula is C27H30N2O8S. The first-order chi connectivity index (χ1) is 18.2. The van der Waals surface area contributed by atoms with E-state index in [0.29, 0.717) is 34.3 Å². The van der Waals surface area contributed by atoms with Crippen molar-refractivity contribution in [2.45, 2.75) is 25.9 Å². The summed E-state index contributed by atoms with van der Waals surface area (Å²) >= 11 is 0.825. The Kier molecular flexibility index (Phi) is 8.05. The van der Waals surface area contributed by atoms with E-state index in [1.165, 1.54) is 21.3 Å². The molecule has 4 rings (SSSR count). The molecule has 2 aliphatic rings. The number of rotatable bonds is 10. The number of benzene rings is 2. The third-order valence-electron chi connectivity index (χ3n) is 5.93. The summed E-state index contributed by atoms with van der Waals surface area (Å²) in [4.78, 5) is 39.0. The van der Waals surface area contributed by atoms with Crippen molar-refractivity contribution >= 4 is 34.9 Å². The molecule has 11 heteroatoms. The zero-order valence-corrected chi connectivity index (χ0v) is 22.7. The van der Waals surface area contributed by atoms with Gasteiger partial charge >= 0.3 is 0 Å². The summed E-state index contributed by atoms with van der Waals surface area (Å²) in [5.74, 6) is 1.62. The largest absolute Gasteiger partial charge is 0.493 e. The van der Waals surface area contributed by atoms with Crippen LogP contribution in [0.15, 0.2) is 35.2 Å². The van der Waals surface area contributed by atoms with Gasteiger partial charge in [-0.15, -0.1) is 0 Å². The van der Waals surface area contributed by atoms with Gasteiger partial charge in [0, 0.05) is 25.1 Å². The molecule has 1 N–H and O–H groups in total. The van der Waals surface area contributed by atoms with Gasteiger partial charge in [0.25, 0.3) is 17.1 Å². The van der Waals surface area contributed by atoms with Crippen molar-refractivity contribution in [1.82, 2.24) is 10.2 Å². The fourth-order valence-corrected chi connectivity index (χ4v) is 5.10. The van der Waals surface area contributed by atoms with Crippen molar-refractivity contribution in [3.63, 3.8) is 0 Å². The van der Waals surface area contributed by atoms with Crippen LogP contribution >= 0.6 is 11.8 Å². The molecule has 0 saturated carbocycles. The SMILES string of the molecule is COc1cc(C=C2SC(=O)N(CCNC(=O)COc3cccc4c3OC(C)(C)C4)C2=O)cc(OC)c1OC. The molecule has 0 radical (unpaired) electrons. The Hall–Kier alpha value is -3.86. The highest BCUT2D eigenvalue weighted by Gasteiger charge is 2.35. The van der Waals surface area contributed by atoms with Crippen LogP contribution in [0.1, 0.15) is 25.0 Å². The normalized spacial score (nSPS) is 16.8. The lowest BCUT2D eigenvalue weighted by molar-refractivity contribution is -0.125. The maximum atomic E-state index is 12.9. The first kappa shape index (κ1) is 27.2. The van der Waals surface area contributed by atoms with Gasteiger partial charge in [-0.05, 0) is 55.4 Å². The molecule has 2 heterocycles. The third-order valence-corrected chi connectivity index (χ3v) is 6.84. The summed E-state index contributed by atoms with van der Waals surface area (Å²) in [6, 6.07) is 8.97. The number of carbonyl (C=O) groups is 3. The Morgan fingerprint density at radius 2 is 1.82 bits per heavy atom. The van der Waals surface area contributed by atoms with Gasteiger partial charge < -0.3 is 29.0 Å². The summed E-state index contributed by atoms with van der Waals surface area (Å²) in [5, 5.41) is 2.27. The molecule has 2 aromatic carbocycles. The van der Waals surface area contributed by atoms with Crippen molar-refractivity contribution in [3.8, 4) is 28.7 Å². The maximum Gasteiger partial charge on any atom is 0.293 e. The molecule has 10 nitrogen and oxygen atoms in total. The number of hydrogen-bond donors (Lipinski definition) is 1. The lowest BCUT2D eigenvalue weighted by atomic mass is 10.0. The van der Waals surface area contributed by atoms with Gasteiger partial charge in [-0.3, -0.25) is 19.3 Å². The highest BCUT2D eigenvalue weighted by Crippen LogP contribution is 2.42. The second-order valence-corrected chi connectivity index (χ2v) is 10.2. The number of ether oxygens (including phenoxy) is 5. The van der Waals surface area contributed by atoms with E-state index in [0.717, 1.165) is 28.6 Å². The van der Waals surface area contributed by atoms with E-state index >= 15 is 0 Å². The van der Waals surface area contributed by atoms with Crippen LogP contribution in [0.4, 0.5) is 4.79 Å². The molecule has 0 aromatic heterocycles. The molecule has 1 saturated heterocycles. The molecule has 1 fully saturated rings. The van der Waals surface area contributed by atoms with Crippen LogP contribution in [0.2, 0.25) is 0 Å². The number of imide groups is 1. The van der Waals surface area contributed by atoms with Crippen LogP contribution in [0, 0.1) is 0 Å². The van der Waals surface area contributed by atoms with Gasteiger partial charge in [-0.2, -0.15) is 0 Å². The number of thioether (sulfide) groups is 1. The molecule has 0 spiro atoms. The van der Waals surface area contributed by atoms with Gasteiger partial charge in [-0.25, -0.2) is 0 Å². The first-order valence-corrected chi connectivity index (χ1v) is 12.7. The van der Waals surface area contributed by atoms with E-state index in [9.17, 15) is 14.4 Å². The van der Waals surface area contributed by atoms with E-state index < -0.39 is 11.1 Å². The predicted octanol–water partition coefficient (Wildman–Crippen LogP) is 3.66. The topological polar surface area (TPSA) is 113 Å². The Balaban J connectivity index is 1.32. The van der Waals surface area contributed by atoms with Crippen LogP contribution in [0.3, 0.4) is 0 Å². The number of hydrogen-bond acceptors (Lipinski definition) is 9. The standard InChI is InChI=1S/C27H30N2O8S/c1-27(2)14-17-7-6-8-18(23(17)37-27)36-15-22(30)28-9-10-29-25(31)21(38-26(29)32)13-16-11-19(33-3)24(35-5)20(12-16)34-4/h6-8,11-13H,9-10,14-15H2,1-5H3,(H,28,30). The van der Waals surface area contributed by atoms with Crippen LogP contribution < -0.4 is 29.0 Å². The fourth-order valence-electron chi connectivity index (χ4n) is 4.23. The smallest absolute Gasteiger partial charge is 0.293 e.